The van der Waals surface area contributed by atoms with Crippen LogP contribution in [0.5, 0.6) is 0 Å². The number of carbonyl (C=O) groups is 1. The van der Waals surface area contributed by atoms with Gasteiger partial charge in [0.15, 0.2) is 0 Å². The second kappa shape index (κ2) is 12.0. The van der Waals surface area contributed by atoms with E-state index in [2.05, 4.69) is 12.2 Å². The lowest BCUT2D eigenvalue weighted by molar-refractivity contribution is -0.121. The zero-order valence-corrected chi connectivity index (χ0v) is 15.0. The molecule has 0 rings (SSSR count). The number of nitrogens with two attached hydrogens (primary N) is 1. The number of amides is 1. The minimum absolute atomic E-state index is 0.113. The molecule has 0 aliphatic heterocycles. The molecule has 0 aromatic rings. The Bertz CT molecular complexity index is 303. The molecular formula is C17H34N2OS. The fourth-order valence-electron chi connectivity index (χ4n) is 2.09. The highest BCUT2D eigenvalue weighted by Gasteiger charge is 2.21. The Morgan fingerprint density at radius 3 is 1.95 bits per heavy atom. The van der Waals surface area contributed by atoms with Crippen LogP contribution >= 0.6 is 12.2 Å². The van der Waals surface area contributed by atoms with Crippen LogP contribution in [0.2, 0.25) is 0 Å². The maximum absolute atomic E-state index is 11.7. The molecule has 124 valence electrons. The van der Waals surface area contributed by atoms with Gasteiger partial charge in [-0.3, -0.25) is 4.79 Å². The molecule has 0 heterocycles. The average molecular weight is 315 g/mol. The van der Waals surface area contributed by atoms with Crippen molar-refractivity contribution in [1.82, 2.24) is 5.32 Å². The lowest BCUT2D eigenvalue weighted by atomic mass is 9.93. The molecule has 0 fully saturated rings. The highest BCUT2D eigenvalue weighted by Crippen LogP contribution is 2.14. The molecule has 3 nitrogen and oxygen atoms in total. The molecule has 0 radical (unpaired) electrons. The molecule has 0 aromatic heterocycles. The number of rotatable bonds is 13. The molecule has 0 saturated heterocycles. The zero-order valence-electron chi connectivity index (χ0n) is 14.2. The minimum atomic E-state index is -0.302. The third kappa shape index (κ3) is 11.7. The first-order valence-corrected chi connectivity index (χ1v) is 8.87. The van der Waals surface area contributed by atoms with Crippen molar-refractivity contribution >= 4 is 23.1 Å². The fraction of sp³-hybridized carbons (Fsp3) is 0.882. The third-order valence-corrected chi connectivity index (χ3v) is 4.45. The van der Waals surface area contributed by atoms with Gasteiger partial charge >= 0.3 is 0 Å². The van der Waals surface area contributed by atoms with Gasteiger partial charge in [0.1, 0.15) is 0 Å². The summed E-state index contributed by atoms with van der Waals surface area (Å²) in [7, 11) is 0. The Hall–Kier alpha value is -0.640. The number of carbonyl (C=O) groups excluding carboxylic acids is 1. The van der Waals surface area contributed by atoms with E-state index in [1.54, 1.807) is 0 Å². The zero-order chi connectivity index (χ0) is 16.1. The topological polar surface area (TPSA) is 55.1 Å². The molecule has 0 aliphatic carbocycles. The van der Waals surface area contributed by atoms with Crippen LogP contribution in [0.1, 0.15) is 85.0 Å². The van der Waals surface area contributed by atoms with Gasteiger partial charge in [0.05, 0.1) is 4.99 Å². The molecule has 0 atom stereocenters. The van der Waals surface area contributed by atoms with Crippen molar-refractivity contribution in [1.29, 1.82) is 0 Å². The van der Waals surface area contributed by atoms with Gasteiger partial charge in [-0.25, -0.2) is 0 Å². The molecule has 0 unspecified atom stereocenters. The first-order valence-electron chi connectivity index (χ1n) is 8.46. The maximum Gasteiger partial charge on any atom is 0.220 e. The van der Waals surface area contributed by atoms with Crippen molar-refractivity contribution in [3.63, 3.8) is 0 Å². The van der Waals surface area contributed by atoms with Crippen LogP contribution < -0.4 is 11.1 Å². The first kappa shape index (κ1) is 20.4. The van der Waals surface area contributed by atoms with Crippen LogP contribution in [0.4, 0.5) is 0 Å². The third-order valence-electron chi connectivity index (χ3n) is 3.90. The van der Waals surface area contributed by atoms with Crippen molar-refractivity contribution in [3.8, 4) is 0 Å². The van der Waals surface area contributed by atoms with Crippen molar-refractivity contribution in [2.45, 2.75) is 85.0 Å². The maximum atomic E-state index is 11.7. The van der Waals surface area contributed by atoms with Crippen molar-refractivity contribution in [2.75, 3.05) is 6.54 Å². The molecule has 0 aliphatic rings. The van der Waals surface area contributed by atoms with Crippen LogP contribution in [-0.2, 0) is 4.79 Å². The van der Waals surface area contributed by atoms with Gasteiger partial charge in [-0.2, -0.15) is 0 Å². The SMILES string of the molecule is CCCCCCCCCCCC(=O)NCC(C)(C)C(N)=S. The van der Waals surface area contributed by atoms with Crippen molar-refractivity contribution < 1.29 is 4.79 Å². The van der Waals surface area contributed by atoms with Crippen molar-refractivity contribution in [3.05, 3.63) is 0 Å². The normalized spacial score (nSPS) is 11.4. The Morgan fingerprint density at radius 1 is 1.00 bits per heavy atom. The summed E-state index contributed by atoms with van der Waals surface area (Å²) in [6, 6.07) is 0. The lowest BCUT2D eigenvalue weighted by Gasteiger charge is -2.23. The number of thiocarbonyl (C=S) groups is 1. The van der Waals surface area contributed by atoms with E-state index >= 15 is 0 Å². The Labute approximate surface area is 136 Å². The summed E-state index contributed by atoms with van der Waals surface area (Å²) in [5.41, 5.74) is 5.33. The molecule has 0 saturated carbocycles. The monoisotopic (exact) mass is 314 g/mol. The molecule has 1 amide bonds. The first-order chi connectivity index (χ1) is 9.90. The van der Waals surface area contributed by atoms with Gasteiger partial charge in [-0.05, 0) is 6.42 Å². The summed E-state index contributed by atoms with van der Waals surface area (Å²) in [5.74, 6) is 0.113. The van der Waals surface area contributed by atoms with Gasteiger partial charge in [-0.15, -0.1) is 0 Å². The van der Waals surface area contributed by atoms with Crippen LogP contribution in [0, 0.1) is 5.41 Å². The number of unbranched alkanes of at least 4 members (excludes halogenated alkanes) is 8. The van der Waals surface area contributed by atoms with E-state index in [4.69, 9.17) is 18.0 Å². The van der Waals surface area contributed by atoms with Gasteiger partial charge in [-0.1, -0.05) is 84.4 Å². The predicted molar refractivity (Wildman–Crippen MR) is 95.4 cm³/mol. The minimum Gasteiger partial charge on any atom is -0.393 e. The molecule has 0 spiro atoms. The largest absolute Gasteiger partial charge is 0.393 e. The molecule has 4 heteroatoms. The smallest absolute Gasteiger partial charge is 0.220 e. The van der Waals surface area contributed by atoms with E-state index in [0.717, 1.165) is 12.8 Å². The highest BCUT2D eigenvalue weighted by molar-refractivity contribution is 7.80. The van der Waals surface area contributed by atoms with E-state index in [0.29, 0.717) is 18.0 Å². The van der Waals surface area contributed by atoms with Crippen LogP contribution in [0.25, 0.3) is 0 Å². The van der Waals surface area contributed by atoms with E-state index in [9.17, 15) is 4.79 Å². The van der Waals surface area contributed by atoms with Gasteiger partial charge < -0.3 is 11.1 Å². The van der Waals surface area contributed by atoms with E-state index in [1.165, 1.54) is 44.9 Å². The molecule has 21 heavy (non-hydrogen) atoms. The molecule has 3 N–H and O–H groups in total. The van der Waals surface area contributed by atoms with Crippen LogP contribution in [-0.4, -0.2) is 17.4 Å². The summed E-state index contributed by atoms with van der Waals surface area (Å²) in [4.78, 5) is 12.2. The molecule has 0 aromatic carbocycles. The molecular weight excluding hydrogens is 280 g/mol. The second-order valence-electron chi connectivity index (χ2n) is 6.60. The van der Waals surface area contributed by atoms with E-state index in [-0.39, 0.29) is 11.3 Å². The predicted octanol–water partition coefficient (Wildman–Crippen LogP) is 4.34. The van der Waals surface area contributed by atoms with Crippen molar-refractivity contribution in [2.24, 2.45) is 11.1 Å². The summed E-state index contributed by atoms with van der Waals surface area (Å²) < 4.78 is 0. The number of nitrogens with one attached hydrogen (secondary N) is 1. The summed E-state index contributed by atoms with van der Waals surface area (Å²) in [6.07, 6.45) is 12.0. The standard InChI is InChI=1S/C17H34N2OS/c1-4-5-6-7-8-9-10-11-12-13-15(20)19-14-17(2,3)16(18)21/h4-14H2,1-3H3,(H2,18,21)(H,19,20). The fourth-order valence-corrected chi connectivity index (χ4v) is 2.16. The second-order valence-corrected chi connectivity index (χ2v) is 7.04. The van der Waals surface area contributed by atoms with Gasteiger partial charge in [0.25, 0.3) is 0 Å². The summed E-state index contributed by atoms with van der Waals surface area (Å²) in [5, 5.41) is 2.92. The Kier molecular flexibility index (Phi) is 11.6. The molecule has 0 bridgehead atoms. The summed E-state index contributed by atoms with van der Waals surface area (Å²) >= 11 is 4.98. The Balaban J connectivity index is 3.44. The quantitative estimate of drug-likeness (QED) is 0.393. The highest BCUT2D eigenvalue weighted by atomic mass is 32.1. The van der Waals surface area contributed by atoms with Crippen LogP contribution in [0.3, 0.4) is 0 Å². The Morgan fingerprint density at radius 2 is 1.48 bits per heavy atom. The average Bonchev–Trinajstić information content (AvgIpc) is 2.43. The van der Waals surface area contributed by atoms with E-state index < -0.39 is 0 Å². The number of hydrogen-bond donors (Lipinski definition) is 2. The van der Waals surface area contributed by atoms with E-state index in [1.807, 2.05) is 13.8 Å². The number of hydrogen-bond acceptors (Lipinski definition) is 2. The van der Waals surface area contributed by atoms with Gasteiger partial charge in [0.2, 0.25) is 5.91 Å². The lowest BCUT2D eigenvalue weighted by Crippen LogP contribution is -2.41. The summed E-state index contributed by atoms with van der Waals surface area (Å²) in [6.45, 7) is 6.67. The van der Waals surface area contributed by atoms with Gasteiger partial charge in [0, 0.05) is 18.4 Å². The van der Waals surface area contributed by atoms with Crippen LogP contribution in [0.15, 0.2) is 0 Å².